The van der Waals surface area contributed by atoms with Crippen LogP contribution in [0.2, 0.25) is 0 Å². The molecule has 4 heteroatoms. The van der Waals surface area contributed by atoms with Crippen LogP contribution >= 0.6 is 0 Å². The molecule has 0 spiro atoms. The van der Waals surface area contributed by atoms with Crippen molar-refractivity contribution in [1.82, 2.24) is 0 Å². The van der Waals surface area contributed by atoms with Gasteiger partial charge in [-0.2, -0.15) is 0 Å². The van der Waals surface area contributed by atoms with Gasteiger partial charge >= 0.3 is 5.97 Å². The van der Waals surface area contributed by atoms with Gasteiger partial charge in [0.1, 0.15) is 0 Å². The highest BCUT2D eigenvalue weighted by Gasteiger charge is 2.47. The first-order valence-electron chi connectivity index (χ1n) is 4.93. The summed E-state index contributed by atoms with van der Waals surface area (Å²) < 4.78 is 0. The summed E-state index contributed by atoms with van der Waals surface area (Å²) in [7, 11) is 0. The number of rotatable bonds is 5. The standard InChI is InChI=1S/C11H20O4/c1-5-6-7-8(10(2,3)4)11(14,15)9(12)13/h5,8,14-15H,1,6-7H2,2-4H3,(H,12,13). The molecule has 0 amide bonds. The minimum atomic E-state index is -2.68. The Bertz CT molecular complexity index is 237. The molecule has 0 fully saturated rings. The topological polar surface area (TPSA) is 77.8 Å². The summed E-state index contributed by atoms with van der Waals surface area (Å²) in [5, 5.41) is 27.8. The van der Waals surface area contributed by atoms with Crippen molar-refractivity contribution in [2.45, 2.75) is 39.4 Å². The number of aliphatic carboxylic acids is 1. The van der Waals surface area contributed by atoms with Crippen LogP contribution in [0.3, 0.4) is 0 Å². The average Bonchev–Trinajstić information content (AvgIpc) is 2.01. The van der Waals surface area contributed by atoms with Crippen LogP contribution in [0.15, 0.2) is 12.7 Å². The Morgan fingerprint density at radius 1 is 1.40 bits per heavy atom. The van der Waals surface area contributed by atoms with E-state index in [4.69, 9.17) is 5.11 Å². The second-order valence-corrected chi connectivity index (χ2v) is 4.82. The molecule has 0 aliphatic heterocycles. The molecule has 0 saturated carbocycles. The zero-order valence-corrected chi connectivity index (χ0v) is 9.53. The van der Waals surface area contributed by atoms with Gasteiger partial charge in [-0.1, -0.05) is 26.8 Å². The van der Waals surface area contributed by atoms with Gasteiger partial charge in [-0.15, -0.1) is 6.58 Å². The van der Waals surface area contributed by atoms with Crippen molar-refractivity contribution in [2.75, 3.05) is 0 Å². The van der Waals surface area contributed by atoms with Crippen molar-refractivity contribution in [3.05, 3.63) is 12.7 Å². The summed E-state index contributed by atoms with van der Waals surface area (Å²) in [5.74, 6) is -5.02. The normalized spacial score (nSPS) is 14.7. The quantitative estimate of drug-likeness (QED) is 0.479. The lowest BCUT2D eigenvalue weighted by molar-refractivity contribution is -0.236. The molecule has 4 nitrogen and oxygen atoms in total. The summed E-state index contributed by atoms with van der Waals surface area (Å²) in [4.78, 5) is 10.7. The first-order chi connectivity index (χ1) is 6.64. The molecule has 0 aromatic rings. The molecule has 0 aliphatic rings. The minimum absolute atomic E-state index is 0.381. The lowest BCUT2D eigenvalue weighted by Crippen LogP contribution is -2.50. The number of hydrogen-bond acceptors (Lipinski definition) is 3. The summed E-state index contributed by atoms with van der Waals surface area (Å²) in [6.07, 6.45) is 2.57. The molecule has 0 saturated heterocycles. The molecule has 0 heterocycles. The van der Waals surface area contributed by atoms with E-state index in [9.17, 15) is 15.0 Å². The maximum atomic E-state index is 10.7. The van der Waals surface area contributed by atoms with Crippen LogP contribution in [-0.2, 0) is 4.79 Å². The smallest absolute Gasteiger partial charge is 0.364 e. The van der Waals surface area contributed by atoms with E-state index in [-0.39, 0.29) is 0 Å². The molecule has 1 unspecified atom stereocenters. The van der Waals surface area contributed by atoms with Crippen LogP contribution in [0, 0.1) is 11.3 Å². The Kier molecular flexibility index (Phi) is 4.49. The number of carboxylic acids is 1. The van der Waals surface area contributed by atoms with Crippen LogP contribution in [0.1, 0.15) is 33.6 Å². The summed E-state index contributed by atoms with van der Waals surface area (Å²) in [6, 6.07) is 0. The summed E-state index contributed by atoms with van der Waals surface area (Å²) >= 11 is 0. The Morgan fingerprint density at radius 2 is 1.87 bits per heavy atom. The molecule has 15 heavy (non-hydrogen) atoms. The largest absolute Gasteiger partial charge is 0.477 e. The monoisotopic (exact) mass is 216 g/mol. The fourth-order valence-corrected chi connectivity index (χ4v) is 1.67. The first-order valence-corrected chi connectivity index (χ1v) is 4.93. The molecule has 0 aromatic carbocycles. The molecule has 0 rings (SSSR count). The second kappa shape index (κ2) is 4.77. The molecular weight excluding hydrogens is 196 g/mol. The van der Waals surface area contributed by atoms with E-state index in [1.165, 1.54) is 0 Å². The van der Waals surface area contributed by atoms with Crippen molar-refractivity contribution in [3.63, 3.8) is 0 Å². The lowest BCUT2D eigenvalue weighted by atomic mass is 9.73. The molecule has 0 bridgehead atoms. The third-order valence-corrected chi connectivity index (χ3v) is 2.51. The first kappa shape index (κ1) is 14.1. The van der Waals surface area contributed by atoms with Gasteiger partial charge in [0.05, 0.1) is 0 Å². The van der Waals surface area contributed by atoms with Crippen LogP contribution in [0.25, 0.3) is 0 Å². The fraction of sp³-hybridized carbons (Fsp3) is 0.727. The van der Waals surface area contributed by atoms with Crippen molar-refractivity contribution in [2.24, 2.45) is 11.3 Å². The minimum Gasteiger partial charge on any atom is -0.477 e. The van der Waals surface area contributed by atoms with E-state index < -0.39 is 23.1 Å². The van der Waals surface area contributed by atoms with Gasteiger partial charge in [-0.3, -0.25) is 0 Å². The second-order valence-electron chi connectivity index (χ2n) is 4.82. The Hall–Kier alpha value is -0.870. The molecule has 1 atom stereocenters. The van der Waals surface area contributed by atoms with E-state index >= 15 is 0 Å². The van der Waals surface area contributed by atoms with E-state index in [1.807, 2.05) is 0 Å². The van der Waals surface area contributed by atoms with E-state index in [1.54, 1.807) is 26.8 Å². The average molecular weight is 216 g/mol. The van der Waals surface area contributed by atoms with Crippen molar-refractivity contribution >= 4 is 5.97 Å². The zero-order valence-electron chi connectivity index (χ0n) is 9.53. The number of carbonyl (C=O) groups is 1. The predicted molar refractivity (Wildman–Crippen MR) is 57.2 cm³/mol. The van der Waals surface area contributed by atoms with Gasteiger partial charge in [0.25, 0.3) is 5.79 Å². The van der Waals surface area contributed by atoms with Gasteiger partial charge < -0.3 is 15.3 Å². The highest BCUT2D eigenvalue weighted by molar-refractivity contribution is 5.75. The van der Waals surface area contributed by atoms with Crippen LogP contribution < -0.4 is 0 Å². The Labute approximate surface area is 90.2 Å². The molecule has 88 valence electrons. The Balaban J connectivity index is 4.93. The van der Waals surface area contributed by atoms with E-state index in [2.05, 4.69) is 6.58 Å². The predicted octanol–water partition coefficient (Wildman–Crippen LogP) is 1.38. The highest BCUT2D eigenvalue weighted by Crippen LogP contribution is 2.37. The van der Waals surface area contributed by atoms with Crippen LogP contribution in [0.5, 0.6) is 0 Å². The van der Waals surface area contributed by atoms with Gasteiger partial charge in [0.2, 0.25) is 0 Å². The molecule has 3 N–H and O–H groups in total. The van der Waals surface area contributed by atoms with E-state index in [0.717, 1.165) is 0 Å². The molecular formula is C11H20O4. The molecule has 0 radical (unpaired) electrons. The van der Waals surface area contributed by atoms with Gasteiger partial charge in [0, 0.05) is 5.92 Å². The number of hydrogen-bond donors (Lipinski definition) is 3. The maximum Gasteiger partial charge on any atom is 0.364 e. The van der Waals surface area contributed by atoms with Crippen LogP contribution in [-0.4, -0.2) is 27.1 Å². The molecule has 0 aromatic heterocycles. The summed E-state index contributed by atoms with van der Waals surface area (Å²) in [6.45, 7) is 8.88. The van der Waals surface area contributed by atoms with E-state index in [0.29, 0.717) is 12.8 Å². The van der Waals surface area contributed by atoms with Crippen molar-refractivity contribution < 1.29 is 20.1 Å². The van der Waals surface area contributed by atoms with Gasteiger partial charge in [0.15, 0.2) is 0 Å². The number of aliphatic hydroxyl groups is 2. The number of allylic oxidation sites excluding steroid dienone is 1. The van der Waals surface area contributed by atoms with Crippen LogP contribution in [0.4, 0.5) is 0 Å². The summed E-state index contributed by atoms with van der Waals surface area (Å²) in [5.41, 5.74) is -0.495. The van der Waals surface area contributed by atoms with Crippen molar-refractivity contribution in [3.8, 4) is 0 Å². The third kappa shape index (κ3) is 3.64. The van der Waals surface area contributed by atoms with Gasteiger partial charge in [-0.25, -0.2) is 4.79 Å². The SMILES string of the molecule is C=CCCC(C(C)(C)C)C(O)(O)C(=O)O. The van der Waals surface area contributed by atoms with Gasteiger partial charge in [-0.05, 0) is 18.3 Å². The Morgan fingerprint density at radius 3 is 2.13 bits per heavy atom. The maximum absolute atomic E-state index is 10.7. The third-order valence-electron chi connectivity index (χ3n) is 2.51. The molecule has 0 aliphatic carbocycles. The lowest BCUT2D eigenvalue weighted by Gasteiger charge is -2.37. The zero-order chi connectivity index (χ0) is 12.3. The fourth-order valence-electron chi connectivity index (χ4n) is 1.67. The highest BCUT2D eigenvalue weighted by atomic mass is 16.5. The van der Waals surface area contributed by atoms with Crippen molar-refractivity contribution in [1.29, 1.82) is 0 Å². The number of carboxylic acid groups (broad SMARTS) is 1.